The van der Waals surface area contributed by atoms with E-state index in [0.29, 0.717) is 6.42 Å². The molecule has 6 heterocycles. The molecule has 6 saturated heterocycles. The predicted octanol–water partition coefficient (Wildman–Crippen LogP) is 1.63. The molecule has 6 aliphatic heterocycles. The van der Waals surface area contributed by atoms with Gasteiger partial charge in [-0.2, -0.15) is 0 Å². The smallest absolute Gasteiger partial charge is 0.465 e. The largest absolute Gasteiger partial charge is 0.571 e. The van der Waals surface area contributed by atoms with Gasteiger partial charge in [-0.25, -0.2) is 0 Å². The predicted molar refractivity (Wildman–Crippen MR) is 166 cm³/mol. The monoisotopic (exact) mass is 746 g/mol. The van der Waals surface area contributed by atoms with Crippen LogP contribution >= 0.6 is 0 Å². The van der Waals surface area contributed by atoms with Crippen LogP contribution in [0, 0.1) is 52.5 Å². The van der Waals surface area contributed by atoms with E-state index in [9.17, 15) is 4.79 Å². The molecule has 0 aromatic rings. The summed E-state index contributed by atoms with van der Waals surface area (Å²) in [5.41, 5.74) is 5.93. The van der Waals surface area contributed by atoms with Crippen LogP contribution in [0.2, 0.25) is 38.8 Å². The first-order valence-corrected chi connectivity index (χ1v) is 30.4. The minimum absolute atomic E-state index is 0.0726. The van der Waals surface area contributed by atoms with Crippen molar-refractivity contribution >= 4 is 76.4 Å². The van der Waals surface area contributed by atoms with E-state index in [1.807, 2.05) is 0 Å². The second-order valence-corrected chi connectivity index (χ2v) is 34.0. The number of carbonyl (C=O) groups is 1. The Labute approximate surface area is 266 Å². The van der Waals surface area contributed by atoms with Gasteiger partial charge in [-0.1, -0.05) is 25.7 Å². The van der Waals surface area contributed by atoms with E-state index in [0.717, 1.165) is 0 Å². The van der Waals surface area contributed by atoms with Crippen molar-refractivity contribution in [1.29, 1.82) is 0 Å². The highest BCUT2D eigenvalue weighted by atomic mass is 28.6. The highest BCUT2D eigenvalue weighted by Crippen LogP contribution is 2.48. The Bertz CT molecular complexity index is 1480. The van der Waals surface area contributed by atoms with E-state index in [1.54, 1.807) is 60.4 Å². The molecule has 8 unspecified atom stereocenters. The van der Waals surface area contributed by atoms with Crippen LogP contribution in [0.3, 0.4) is 0 Å². The zero-order valence-electron chi connectivity index (χ0n) is 25.9. The fourth-order valence-corrected chi connectivity index (χ4v) is 48.5. The summed E-state index contributed by atoms with van der Waals surface area (Å²) in [6, 6.07) is 0.124. The summed E-state index contributed by atoms with van der Waals surface area (Å²) in [7, 11) is -31.8. The minimum atomic E-state index is -4.36. The van der Waals surface area contributed by atoms with Crippen molar-refractivity contribution < 1.29 is 58.9 Å². The third-order valence-corrected chi connectivity index (χ3v) is 40.5. The van der Waals surface area contributed by atoms with Crippen LogP contribution in [0.5, 0.6) is 0 Å². The molecule has 238 valence electrons. The van der Waals surface area contributed by atoms with Crippen LogP contribution < -0.4 is 0 Å². The van der Waals surface area contributed by atoms with E-state index in [1.165, 1.54) is 0 Å². The second kappa shape index (κ2) is 11.9. The lowest BCUT2D eigenvalue weighted by atomic mass is 10.2. The zero-order chi connectivity index (χ0) is 32.1. The molecular formula is C22H34O14Si8. The van der Waals surface area contributed by atoms with Crippen LogP contribution in [-0.4, -0.2) is 83.0 Å². The molecule has 0 radical (unpaired) electrons. The molecule has 6 rings (SSSR count). The highest BCUT2D eigenvalue weighted by molar-refractivity contribution is 7.04. The van der Waals surface area contributed by atoms with E-state index in [-0.39, 0.29) is 24.5 Å². The van der Waals surface area contributed by atoms with Gasteiger partial charge in [0, 0.05) is 38.8 Å². The molecule has 6 aliphatic rings. The molecule has 0 saturated carbocycles. The Kier molecular flexibility index (Phi) is 9.27. The number of hydrogen-bond acceptors (Lipinski definition) is 14. The fraction of sp³-hybridized carbons (Fsp3) is 0.591. The average Bonchev–Trinajstić information content (AvgIpc) is 2.81. The van der Waals surface area contributed by atoms with Gasteiger partial charge in [0.15, 0.2) is 0 Å². The van der Waals surface area contributed by atoms with Gasteiger partial charge >= 0.3 is 76.4 Å². The maximum atomic E-state index is 12.2. The standard InChI is InChI=1S/C22H34O14Si8/c1-10-12-14-18-42-30-38(6)25-37(5)26-39(7)29-40(8,28-38)32-44(35-42,19-15-13-11-2)36-43(31-39,34-41(9,27-37)33-42)20-16-17-24-22(23)21(3)4/h21H,16-17,20H2,1-9H3. The van der Waals surface area contributed by atoms with Crippen molar-refractivity contribution in [2.45, 2.75) is 72.9 Å². The van der Waals surface area contributed by atoms with E-state index < -0.39 is 70.4 Å². The summed E-state index contributed by atoms with van der Waals surface area (Å²) in [6.07, 6.45) is 0.290. The van der Waals surface area contributed by atoms with Crippen molar-refractivity contribution in [3.8, 4) is 46.6 Å². The molecule has 0 spiro atoms. The Morgan fingerprint density at radius 2 is 1.00 bits per heavy atom. The molecule has 44 heavy (non-hydrogen) atoms. The normalized spacial score (nSPS) is 44.9. The molecule has 6 fully saturated rings. The van der Waals surface area contributed by atoms with Crippen LogP contribution in [0.1, 0.15) is 34.1 Å². The van der Waals surface area contributed by atoms with Gasteiger partial charge in [-0.3, -0.25) is 4.79 Å². The van der Waals surface area contributed by atoms with Crippen molar-refractivity contribution in [3.05, 3.63) is 0 Å². The molecule has 0 amide bonds. The third kappa shape index (κ3) is 7.26. The first kappa shape index (κ1) is 34.3. The summed E-state index contributed by atoms with van der Waals surface area (Å²) in [6.45, 7) is 15.2. The van der Waals surface area contributed by atoms with Gasteiger partial charge in [-0.05, 0) is 55.0 Å². The molecule has 22 heteroatoms. The van der Waals surface area contributed by atoms with Crippen molar-refractivity contribution in [1.82, 2.24) is 0 Å². The summed E-state index contributed by atoms with van der Waals surface area (Å²) < 4.78 is 85.9. The number of carbonyl (C=O) groups excluding carboxylic acids is 1. The third-order valence-electron chi connectivity index (χ3n) is 6.20. The quantitative estimate of drug-likeness (QED) is 0.175. The maximum Gasteiger partial charge on any atom is 0.571 e. The Hall–Kier alpha value is -1.03. The highest BCUT2D eigenvalue weighted by Gasteiger charge is 2.80. The number of esters is 1. The SMILES string of the molecule is CC#CC#C[Si]12O[Si]3(C)O[Si]4(C)O[Si]5(C)O[Si](C)(O3)O[Si](C#CC#CC)(O1)O[Si](CCCOC(=O)C(C)C)(O5)O[Si](C)(O4)O2. The maximum absolute atomic E-state index is 12.2. The molecule has 0 aliphatic carbocycles. The summed E-state index contributed by atoms with van der Waals surface area (Å²) >= 11 is 0. The van der Waals surface area contributed by atoms with Crippen LogP contribution in [0.4, 0.5) is 0 Å². The lowest BCUT2D eigenvalue weighted by molar-refractivity contribution is -0.147. The molecule has 8 atom stereocenters. The summed E-state index contributed by atoms with van der Waals surface area (Å²) in [4.78, 5) is 12.2. The van der Waals surface area contributed by atoms with E-state index in [2.05, 4.69) is 46.6 Å². The molecule has 0 N–H and O–H groups in total. The molecular weight excluding hydrogens is 713 g/mol. The van der Waals surface area contributed by atoms with Crippen LogP contribution in [-0.2, 0) is 58.9 Å². The van der Waals surface area contributed by atoms with Gasteiger partial charge in [0.1, 0.15) is 0 Å². The van der Waals surface area contributed by atoms with E-state index >= 15 is 0 Å². The molecule has 0 aromatic heterocycles. The molecule has 8 bridgehead atoms. The number of hydrogen-bond donors (Lipinski definition) is 0. The lowest BCUT2D eigenvalue weighted by Crippen LogP contribution is -2.86. The zero-order valence-corrected chi connectivity index (χ0v) is 33.9. The molecule has 14 nitrogen and oxygen atoms in total. The molecule has 0 aromatic carbocycles. The Balaban J connectivity index is 1.72. The lowest BCUT2D eigenvalue weighted by Gasteiger charge is -2.59. The van der Waals surface area contributed by atoms with E-state index in [4.69, 9.17) is 54.1 Å². The van der Waals surface area contributed by atoms with Gasteiger partial charge < -0.3 is 54.1 Å². The number of ether oxygens (including phenoxy) is 1. The van der Waals surface area contributed by atoms with Gasteiger partial charge in [-0.15, -0.1) is 0 Å². The second-order valence-electron chi connectivity index (χ2n) is 11.0. The van der Waals surface area contributed by atoms with Crippen molar-refractivity contribution in [2.75, 3.05) is 6.61 Å². The van der Waals surface area contributed by atoms with Gasteiger partial charge in [0.05, 0.1) is 12.5 Å². The fourth-order valence-electron chi connectivity index (χ4n) is 5.14. The van der Waals surface area contributed by atoms with Crippen molar-refractivity contribution in [3.63, 3.8) is 0 Å². The minimum Gasteiger partial charge on any atom is -0.465 e. The first-order valence-electron chi connectivity index (χ1n) is 13.9. The van der Waals surface area contributed by atoms with Crippen LogP contribution in [0.25, 0.3) is 0 Å². The Morgan fingerprint density at radius 3 is 1.45 bits per heavy atom. The van der Waals surface area contributed by atoms with Gasteiger partial charge in [0.2, 0.25) is 0 Å². The Morgan fingerprint density at radius 1 is 0.591 bits per heavy atom. The van der Waals surface area contributed by atoms with Crippen molar-refractivity contribution in [2.24, 2.45) is 5.92 Å². The summed E-state index contributed by atoms with van der Waals surface area (Å²) in [5, 5.41) is 0. The van der Waals surface area contributed by atoms with Gasteiger partial charge in [0.25, 0.3) is 0 Å². The van der Waals surface area contributed by atoms with Crippen LogP contribution in [0.15, 0.2) is 0 Å². The average molecular weight is 747 g/mol. The number of rotatable bonds is 5. The topological polar surface area (TPSA) is 137 Å². The summed E-state index contributed by atoms with van der Waals surface area (Å²) in [5.74, 6) is 15.8. The first-order chi connectivity index (χ1) is 20.4.